The van der Waals surface area contributed by atoms with Gasteiger partial charge in [0.05, 0.1) is 12.7 Å². The molecule has 4 nitrogen and oxygen atoms in total. The fourth-order valence-electron chi connectivity index (χ4n) is 1.99. The van der Waals surface area contributed by atoms with Gasteiger partial charge in [0.2, 0.25) is 0 Å². The van der Waals surface area contributed by atoms with Gasteiger partial charge >= 0.3 is 0 Å². The van der Waals surface area contributed by atoms with Crippen LogP contribution in [0, 0.1) is 6.92 Å². The van der Waals surface area contributed by atoms with Gasteiger partial charge in [0, 0.05) is 18.4 Å². The highest BCUT2D eigenvalue weighted by Gasteiger charge is 2.11. The summed E-state index contributed by atoms with van der Waals surface area (Å²) in [7, 11) is 3.42. The second-order valence-corrected chi connectivity index (χ2v) is 4.43. The fraction of sp³-hybridized carbons (Fsp3) is 0.188. The predicted octanol–water partition coefficient (Wildman–Crippen LogP) is 3.30. The number of ether oxygens (including phenoxy) is 1. The molecule has 0 bridgehead atoms. The van der Waals surface area contributed by atoms with Gasteiger partial charge in [-0.2, -0.15) is 0 Å². The molecule has 0 aliphatic carbocycles. The van der Waals surface area contributed by atoms with Crippen molar-refractivity contribution >= 4 is 17.3 Å². The maximum Gasteiger partial charge on any atom is 0.257 e. The van der Waals surface area contributed by atoms with E-state index in [1.54, 1.807) is 20.2 Å². The zero-order chi connectivity index (χ0) is 14.5. The largest absolute Gasteiger partial charge is 0.497 e. The van der Waals surface area contributed by atoms with Crippen LogP contribution in [-0.4, -0.2) is 20.1 Å². The van der Waals surface area contributed by atoms with Gasteiger partial charge in [-0.15, -0.1) is 0 Å². The second-order valence-electron chi connectivity index (χ2n) is 4.43. The third-order valence-corrected chi connectivity index (χ3v) is 3.12. The number of para-hydroxylation sites is 1. The molecule has 1 amide bonds. The Labute approximate surface area is 118 Å². The van der Waals surface area contributed by atoms with E-state index in [0.29, 0.717) is 5.56 Å². The maximum absolute atomic E-state index is 12.3. The molecule has 0 fully saturated rings. The summed E-state index contributed by atoms with van der Waals surface area (Å²) in [4.78, 5) is 12.3. The van der Waals surface area contributed by atoms with Crippen LogP contribution in [0.3, 0.4) is 0 Å². The van der Waals surface area contributed by atoms with Crippen LogP contribution < -0.4 is 15.4 Å². The molecule has 0 heterocycles. The quantitative estimate of drug-likeness (QED) is 0.896. The molecule has 0 aliphatic heterocycles. The van der Waals surface area contributed by atoms with Crippen molar-refractivity contribution in [1.82, 2.24) is 0 Å². The molecule has 104 valence electrons. The van der Waals surface area contributed by atoms with Gasteiger partial charge in [-0.3, -0.25) is 4.79 Å². The molecule has 0 aliphatic rings. The van der Waals surface area contributed by atoms with Crippen molar-refractivity contribution in [1.29, 1.82) is 0 Å². The zero-order valence-electron chi connectivity index (χ0n) is 11.9. The number of nitrogens with one attached hydrogen (secondary N) is 2. The van der Waals surface area contributed by atoms with E-state index < -0.39 is 0 Å². The SMILES string of the molecule is CNc1ccccc1C(=O)Nc1ccc(OC)cc1C. The Hall–Kier alpha value is -2.49. The summed E-state index contributed by atoms with van der Waals surface area (Å²) in [5.41, 5.74) is 3.16. The summed E-state index contributed by atoms with van der Waals surface area (Å²) >= 11 is 0. The monoisotopic (exact) mass is 270 g/mol. The summed E-state index contributed by atoms with van der Waals surface area (Å²) in [5.74, 6) is 0.638. The highest BCUT2D eigenvalue weighted by molar-refractivity contribution is 6.08. The molecular formula is C16H18N2O2. The highest BCUT2D eigenvalue weighted by atomic mass is 16.5. The fourth-order valence-corrected chi connectivity index (χ4v) is 1.99. The number of aryl methyl sites for hydroxylation is 1. The normalized spacial score (nSPS) is 9.95. The van der Waals surface area contributed by atoms with Crippen molar-refractivity contribution in [3.05, 3.63) is 53.6 Å². The highest BCUT2D eigenvalue weighted by Crippen LogP contribution is 2.23. The molecule has 0 aromatic heterocycles. The predicted molar refractivity (Wildman–Crippen MR) is 81.7 cm³/mol. The Morgan fingerprint density at radius 2 is 1.85 bits per heavy atom. The van der Waals surface area contributed by atoms with E-state index in [1.165, 1.54) is 0 Å². The lowest BCUT2D eigenvalue weighted by atomic mass is 10.1. The van der Waals surface area contributed by atoms with Gasteiger partial charge in [-0.25, -0.2) is 0 Å². The van der Waals surface area contributed by atoms with Gasteiger partial charge in [0.1, 0.15) is 5.75 Å². The molecule has 0 spiro atoms. The van der Waals surface area contributed by atoms with E-state index in [0.717, 1.165) is 22.7 Å². The van der Waals surface area contributed by atoms with E-state index >= 15 is 0 Å². The summed E-state index contributed by atoms with van der Waals surface area (Å²) < 4.78 is 5.15. The molecule has 2 N–H and O–H groups in total. The standard InChI is InChI=1S/C16H18N2O2/c1-11-10-12(20-3)8-9-14(11)18-16(19)13-6-4-5-7-15(13)17-2/h4-10,17H,1-3H3,(H,18,19). The minimum atomic E-state index is -0.136. The van der Waals surface area contributed by atoms with Gasteiger partial charge in [0.15, 0.2) is 0 Å². The smallest absolute Gasteiger partial charge is 0.257 e. The Morgan fingerprint density at radius 3 is 2.50 bits per heavy atom. The van der Waals surface area contributed by atoms with Crippen LogP contribution in [0.5, 0.6) is 5.75 Å². The number of rotatable bonds is 4. The summed E-state index contributed by atoms with van der Waals surface area (Å²) in [6.45, 7) is 1.93. The number of anilines is 2. The summed E-state index contributed by atoms with van der Waals surface area (Å²) in [6.07, 6.45) is 0. The van der Waals surface area contributed by atoms with Crippen molar-refractivity contribution in [2.75, 3.05) is 24.8 Å². The van der Waals surface area contributed by atoms with Crippen LogP contribution in [0.4, 0.5) is 11.4 Å². The van der Waals surface area contributed by atoms with Crippen molar-refractivity contribution in [2.24, 2.45) is 0 Å². The molecule has 0 atom stereocenters. The van der Waals surface area contributed by atoms with Gasteiger partial charge in [-0.05, 0) is 42.8 Å². The number of hydrogen-bond donors (Lipinski definition) is 2. The molecule has 2 aromatic carbocycles. The van der Waals surface area contributed by atoms with E-state index in [9.17, 15) is 4.79 Å². The first-order valence-corrected chi connectivity index (χ1v) is 6.38. The number of carbonyl (C=O) groups excluding carboxylic acids is 1. The molecule has 0 unspecified atom stereocenters. The summed E-state index contributed by atoms with van der Waals surface area (Å²) in [5, 5.41) is 5.93. The molecule has 0 saturated heterocycles. The number of methoxy groups -OCH3 is 1. The van der Waals surface area contributed by atoms with Crippen molar-refractivity contribution in [3.8, 4) is 5.75 Å². The van der Waals surface area contributed by atoms with Gasteiger partial charge in [0.25, 0.3) is 5.91 Å². The Kier molecular flexibility index (Phi) is 4.25. The third-order valence-electron chi connectivity index (χ3n) is 3.12. The van der Waals surface area contributed by atoms with Crippen molar-refractivity contribution in [3.63, 3.8) is 0 Å². The lowest BCUT2D eigenvalue weighted by Gasteiger charge is -2.12. The third kappa shape index (κ3) is 2.91. The first-order chi connectivity index (χ1) is 9.65. The van der Waals surface area contributed by atoms with Crippen LogP contribution >= 0.6 is 0 Å². The van der Waals surface area contributed by atoms with E-state index in [2.05, 4.69) is 10.6 Å². The molecule has 0 saturated carbocycles. The molecule has 2 aromatic rings. The van der Waals surface area contributed by atoms with Crippen LogP contribution in [0.2, 0.25) is 0 Å². The lowest BCUT2D eigenvalue weighted by molar-refractivity contribution is 0.102. The van der Waals surface area contributed by atoms with Crippen LogP contribution in [0.25, 0.3) is 0 Å². The first-order valence-electron chi connectivity index (χ1n) is 6.38. The van der Waals surface area contributed by atoms with E-state index in [4.69, 9.17) is 4.74 Å². The van der Waals surface area contributed by atoms with Gasteiger partial charge in [-0.1, -0.05) is 12.1 Å². The molecular weight excluding hydrogens is 252 g/mol. The lowest BCUT2D eigenvalue weighted by Crippen LogP contribution is -2.14. The molecule has 0 radical (unpaired) electrons. The van der Waals surface area contributed by atoms with Crippen LogP contribution in [-0.2, 0) is 0 Å². The van der Waals surface area contributed by atoms with Crippen LogP contribution in [0.15, 0.2) is 42.5 Å². The Morgan fingerprint density at radius 1 is 1.10 bits per heavy atom. The zero-order valence-corrected chi connectivity index (χ0v) is 11.9. The average molecular weight is 270 g/mol. The van der Waals surface area contributed by atoms with E-state index in [1.807, 2.05) is 43.3 Å². The minimum absolute atomic E-state index is 0.136. The number of hydrogen-bond acceptors (Lipinski definition) is 3. The number of benzene rings is 2. The van der Waals surface area contributed by atoms with Gasteiger partial charge < -0.3 is 15.4 Å². The summed E-state index contributed by atoms with van der Waals surface area (Å²) in [6, 6.07) is 13.0. The molecule has 4 heteroatoms. The number of amides is 1. The Bertz CT molecular complexity index is 624. The first kappa shape index (κ1) is 13.9. The molecule has 20 heavy (non-hydrogen) atoms. The second kappa shape index (κ2) is 6.10. The average Bonchev–Trinajstić information content (AvgIpc) is 2.49. The van der Waals surface area contributed by atoms with Crippen molar-refractivity contribution in [2.45, 2.75) is 6.92 Å². The maximum atomic E-state index is 12.3. The van der Waals surface area contributed by atoms with Crippen LogP contribution in [0.1, 0.15) is 15.9 Å². The number of carbonyl (C=O) groups is 1. The van der Waals surface area contributed by atoms with E-state index in [-0.39, 0.29) is 5.91 Å². The Balaban J connectivity index is 2.23. The topological polar surface area (TPSA) is 50.4 Å². The minimum Gasteiger partial charge on any atom is -0.497 e. The van der Waals surface area contributed by atoms with Crippen molar-refractivity contribution < 1.29 is 9.53 Å². The molecule has 2 rings (SSSR count).